The van der Waals surface area contributed by atoms with Crippen molar-refractivity contribution >= 4 is 11.6 Å². The monoisotopic (exact) mass is 267 g/mol. The van der Waals surface area contributed by atoms with Crippen LogP contribution in [0.1, 0.15) is 30.7 Å². The molecular weight excluding hydrogens is 250 g/mol. The highest BCUT2D eigenvalue weighted by Gasteiger charge is 2.23. The molecule has 3 nitrogen and oxygen atoms in total. The molecule has 1 saturated heterocycles. The van der Waals surface area contributed by atoms with Gasteiger partial charge in [0.1, 0.15) is 0 Å². The van der Waals surface area contributed by atoms with Crippen molar-refractivity contribution in [1.82, 2.24) is 5.32 Å². The summed E-state index contributed by atoms with van der Waals surface area (Å²) in [6.45, 7) is 3.52. The molecule has 1 aromatic carbocycles. The van der Waals surface area contributed by atoms with Gasteiger partial charge in [-0.25, -0.2) is 0 Å². The van der Waals surface area contributed by atoms with Gasteiger partial charge < -0.3 is 14.8 Å². The first-order valence-electron chi connectivity index (χ1n) is 6.65. The smallest absolute Gasteiger partial charge is 0.180 e. The Hall–Kier alpha value is -0.930. The molecule has 3 rings (SSSR count). The summed E-state index contributed by atoms with van der Waals surface area (Å²) in [4.78, 5) is 0. The topological polar surface area (TPSA) is 30.5 Å². The molecule has 0 spiro atoms. The largest absolute Gasteiger partial charge is 0.490 e. The minimum absolute atomic E-state index is 0.538. The number of benzene rings is 1. The third kappa shape index (κ3) is 2.29. The summed E-state index contributed by atoms with van der Waals surface area (Å²) >= 11 is 6.51. The SMILES string of the molecule is Clc1c(C2CCNCC2)ccc2c1OCCCO2. The molecule has 1 N–H and O–H groups in total. The van der Waals surface area contributed by atoms with E-state index in [0.29, 0.717) is 19.1 Å². The van der Waals surface area contributed by atoms with Crippen LogP contribution in [0.5, 0.6) is 11.5 Å². The normalized spacial score (nSPS) is 20.5. The third-order valence-corrected chi connectivity index (χ3v) is 4.05. The Morgan fingerprint density at radius 2 is 1.89 bits per heavy atom. The number of ether oxygens (including phenoxy) is 2. The Morgan fingerprint density at radius 1 is 1.11 bits per heavy atom. The van der Waals surface area contributed by atoms with Gasteiger partial charge in [-0.3, -0.25) is 0 Å². The molecule has 1 fully saturated rings. The van der Waals surface area contributed by atoms with E-state index in [9.17, 15) is 0 Å². The highest BCUT2D eigenvalue weighted by atomic mass is 35.5. The Morgan fingerprint density at radius 3 is 2.72 bits per heavy atom. The van der Waals surface area contributed by atoms with Crippen molar-refractivity contribution in [3.05, 3.63) is 22.7 Å². The zero-order chi connectivity index (χ0) is 12.4. The molecule has 1 aromatic rings. The number of hydrogen-bond donors (Lipinski definition) is 1. The van der Waals surface area contributed by atoms with Gasteiger partial charge in [-0.2, -0.15) is 0 Å². The van der Waals surface area contributed by atoms with Crippen molar-refractivity contribution in [2.75, 3.05) is 26.3 Å². The van der Waals surface area contributed by atoms with Crippen molar-refractivity contribution in [3.8, 4) is 11.5 Å². The van der Waals surface area contributed by atoms with Gasteiger partial charge in [0.25, 0.3) is 0 Å². The molecule has 0 saturated carbocycles. The molecule has 0 radical (unpaired) electrons. The van der Waals surface area contributed by atoms with Crippen LogP contribution < -0.4 is 14.8 Å². The van der Waals surface area contributed by atoms with E-state index in [1.165, 1.54) is 5.56 Å². The summed E-state index contributed by atoms with van der Waals surface area (Å²) in [5.74, 6) is 2.07. The molecule has 2 aliphatic rings. The summed E-state index contributed by atoms with van der Waals surface area (Å²) in [7, 11) is 0. The van der Waals surface area contributed by atoms with E-state index >= 15 is 0 Å². The van der Waals surface area contributed by atoms with Gasteiger partial charge in [0.2, 0.25) is 0 Å². The Balaban J connectivity index is 1.93. The van der Waals surface area contributed by atoms with Crippen LogP contribution in [0.2, 0.25) is 5.02 Å². The van der Waals surface area contributed by atoms with Gasteiger partial charge in [-0.05, 0) is 43.5 Å². The number of piperidine rings is 1. The molecule has 4 heteroatoms. The summed E-state index contributed by atoms with van der Waals surface area (Å²) in [6.07, 6.45) is 3.19. The predicted molar refractivity (Wildman–Crippen MR) is 71.9 cm³/mol. The van der Waals surface area contributed by atoms with E-state index < -0.39 is 0 Å². The lowest BCUT2D eigenvalue weighted by Crippen LogP contribution is -2.26. The Kier molecular flexibility index (Phi) is 3.62. The second-order valence-corrected chi connectivity index (χ2v) is 5.25. The first-order valence-corrected chi connectivity index (χ1v) is 7.03. The fraction of sp³-hybridized carbons (Fsp3) is 0.571. The maximum Gasteiger partial charge on any atom is 0.180 e. The second-order valence-electron chi connectivity index (χ2n) is 4.87. The molecule has 98 valence electrons. The van der Waals surface area contributed by atoms with Crippen molar-refractivity contribution < 1.29 is 9.47 Å². The average molecular weight is 268 g/mol. The van der Waals surface area contributed by atoms with E-state index in [-0.39, 0.29) is 0 Å². The lowest BCUT2D eigenvalue weighted by molar-refractivity contribution is 0.297. The van der Waals surface area contributed by atoms with Gasteiger partial charge in [0.05, 0.1) is 18.2 Å². The van der Waals surface area contributed by atoms with Gasteiger partial charge in [-0.15, -0.1) is 0 Å². The van der Waals surface area contributed by atoms with Gasteiger partial charge >= 0.3 is 0 Å². The van der Waals surface area contributed by atoms with Crippen LogP contribution in [-0.4, -0.2) is 26.3 Å². The highest BCUT2D eigenvalue weighted by molar-refractivity contribution is 6.33. The van der Waals surface area contributed by atoms with Crippen molar-refractivity contribution in [3.63, 3.8) is 0 Å². The fourth-order valence-corrected chi connectivity index (χ4v) is 3.03. The molecule has 18 heavy (non-hydrogen) atoms. The number of hydrogen-bond acceptors (Lipinski definition) is 3. The second kappa shape index (κ2) is 5.37. The quantitative estimate of drug-likeness (QED) is 0.849. The minimum atomic E-state index is 0.538. The lowest BCUT2D eigenvalue weighted by Gasteiger charge is -2.25. The van der Waals surface area contributed by atoms with Crippen LogP contribution in [0.4, 0.5) is 0 Å². The summed E-state index contributed by atoms with van der Waals surface area (Å²) in [6, 6.07) is 4.11. The van der Waals surface area contributed by atoms with Gasteiger partial charge in [-0.1, -0.05) is 17.7 Å². The molecule has 0 bridgehead atoms. The first kappa shape index (κ1) is 12.1. The zero-order valence-electron chi connectivity index (χ0n) is 10.4. The minimum Gasteiger partial charge on any atom is -0.490 e. The van der Waals surface area contributed by atoms with E-state index in [0.717, 1.165) is 48.9 Å². The van der Waals surface area contributed by atoms with Gasteiger partial charge in [0.15, 0.2) is 11.5 Å². The van der Waals surface area contributed by atoms with Crippen LogP contribution in [0.3, 0.4) is 0 Å². The molecule has 0 atom stereocenters. The predicted octanol–water partition coefficient (Wildman–Crippen LogP) is 2.97. The third-order valence-electron chi connectivity index (χ3n) is 3.66. The number of nitrogens with one attached hydrogen (secondary N) is 1. The maximum absolute atomic E-state index is 6.51. The fourth-order valence-electron chi connectivity index (χ4n) is 2.67. The Bertz CT molecular complexity index is 430. The van der Waals surface area contributed by atoms with E-state index in [1.807, 2.05) is 6.07 Å². The molecule has 2 heterocycles. The average Bonchev–Trinajstić information content (AvgIpc) is 2.66. The lowest BCUT2D eigenvalue weighted by atomic mass is 9.90. The molecule has 0 aromatic heterocycles. The molecule has 0 unspecified atom stereocenters. The summed E-state index contributed by atoms with van der Waals surface area (Å²) in [5.41, 5.74) is 1.21. The number of rotatable bonds is 1. The summed E-state index contributed by atoms with van der Waals surface area (Å²) in [5, 5.41) is 4.13. The van der Waals surface area contributed by atoms with Crippen LogP contribution in [0.15, 0.2) is 12.1 Å². The van der Waals surface area contributed by atoms with E-state index in [1.54, 1.807) is 0 Å². The number of fused-ring (bicyclic) bond motifs is 1. The van der Waals surface area contributed by atoms with E-state index in [4.69, 9.17) is 21.1 Å². The summed E-state index contributed by atoms with van der Waals surface area (Å²) < 4.78 is 11.4. The van der Waals surface area contributed by atoms with E-state index in [2.05, 4.69) is 11.4 Å². The maximum atomic E-state index is 6.51. The van der Waals surface area contributed by atoms with Crippen LogP contribution in [-0.2, 0) is 0 Å². The molecule has 0 aliphatic carbocycles. The molecular formula is C14H18ClNO2. The Labute approximate surface area is 112 Å². The van der Waals surface area contributed by atoms with Crippen molar-refractivity contribution in [2.24, 2.45) is 0 Å². The standard InChI is InChI=1S/C14H18ClNO2/c15-13-11(10-4-6-16-7-5-10)2-3-12-14(13)18-9-1-8-17-12/h2-3,10,16H,1,4-9H2. The van der Waals surface area contributed by atoms with Crippen LogP contribution in [0.25, 0.3) is 0 Å². The first-order chi connectivity index (χ1) is 8.86. The highest BCUT2D eigenvalue weighted by Crippen LogP contribution is 2.43. The van der Waals surface area contributed by atoms with Crippen LogP contribution in [0, 0.1) is 0 Å². The molecule has 2 aliphatic heterocycles. The van der Waals surface area contributed by atoms with Crippen molar-refractivity contribution in [1.29, 1.82) is 0 Å². The van der Waals surface area contributed by atoms with Crippen molar-refractivity contribution in [2.45, 2.75) is 25.2 Å². The van der Waals surface area contributed by atoms with Gasteiger partial charge in [0, 0.05) is 6.42 Å². The number of halogens is 1. The zero-order valence-corrected chi connectivity index (χ0v) is 11.1. The molecule has 0 amide bonds. The van der Waals surface area contributed by atoms with Crippen LogP contribution >= 0.6 is 11.6 Å².